The fraction of sp³-hybridized carbons (Fsp3) is 0.333. The summed E-state index contributed by atoms with van der Waals surface area (Å²) < 4.78 is 20.2. The Balaban J connectivity index is 2.55. The van der Waals surface area contributed by atoms with Gasteiger partial charge >= 0.3 is 12.0 Å². The van der Waals surface area contributed by atoms with E-state index in [-0.39, 0.29) is 17.9 Å². The summed E-state index contributed by atoms with van der Waals surface area (Å²) >= 11 is 0. The van der Waals surface area contributed by atoms with E-state index < -0.39 is 0 Å². The zero-order chi connectivity index (χ0) is 14.5. The highest BCUT2D eigenvalue weighted by Gasteiger charge is 2.15. The zero-order valence-electron chi connectivity index (χ0n) is 11.5. The molecule has 0 N–H and O–H groups in total. The van der Waals surface area contributed by atoms with Crippen LogP contribution in [0.15, 0.2) is 6.20 Å². The minimum Gasteiger partial charge on any atom is -0.480 e. The van der Waals surface area contributed by atoms with Gasteiger partial charge in [0, 0.05) is 6.20 Å². The van der Waals surface area contributed by atoms with E-state index in [9.17, 15) is 0 Å². The SMILES string of the molecule is COc1[c]c(-c2cnc(OC)nc2OC)nc(OC)n1. The molecular formula is C12H13N4O4. The molecule has 8 nitrogen and oxygen atoms in total. The van der Waals surface area contributed by atoms with E-state index in [1.54, 1.807) is 0 Å². The maximum Gasteiger partial charge on any atom is 0.320 e. The van der Waals surface area contributed by atoms with Gasteiger partial charge in [0.15, 0.2) is 0 Å². The van der Waals surface area contributed by atoms with Gasteiger partial charge in [0.05, 0.1) is 45.8 Å². The van der Waals surface area contributed by atoms with Gasteiger partial charge in [-0.3, -0.25) is 0 Å². The van der Waals surface area contributed by atoms with Gasteiger partial charge in [0.1, 0.15) is 0 Å². The number of methoxy groups -OCH3 is 4. The van der Waals surface area contributed by atoms with Gasteiger partial charge in [0.25, 0.3) is 0 Å². The van der Waals surface area contributed by atoms with Gasteiger partial charge in [-0.1, -0.05) is 0 Å². The van der Waals surface area contributed by atoms with Crippen molar-refractivity contribution >= 4 is 0 Å². The van der Waals surface area contributed by atoms with Gasteiger partial charge in [0.2, 0.25) is 11.8 Å². The molecule has 0 aliphatic rings. The van der Waals surface area contributed by atoms with Gasteiger partial charge < -0.3 is 18.9 Å². The number of ether oxygens (including phenoxy) is 4. The van der Waals surface area contributed by atoms with Crippen LogP contribution in [0.25, 0.3) is 11.3 Å². The van der Waals surface area contributed by atoms with Gasteiger partial charge in [-0.15, -0.1) is 0 Å². The van der Waals surface area contributed by atoms with Crippen LogP contribution in [0.5, 0.6) is 23.8 Å². The average molecular weight is 277 g/mol. The molecule has 8 heteroatoms. The number of rotatable bonds is 5. The van der Waals surface area contributed by atoms with Crippen LogP contribution in [0.2, 0.25) is 0 Å². The summed E-state index contributed by atoms with van der Waals surface area (Å²) in [6.07, 6.45) is 1.52. The van der Waals surface area contributed by atoms with Crippen molar-refractivity contribution in [3.8, 4) is 35.0 Å². The molecular weight excluding hydrogens is 264 g/mol. The number of hydrogen-bond donors (Lipinski definition) is 0. The summed E-state index contributed by atoms with van der Waals surface area (Å²) in [5.41, 5.74) is 0.917. The van der Waals surface area contributed by atoms with E-state index in [1.807, 2.05) is 0 Å². The first-order chi connectivity index (χ1) is 9.71. The molecule has 0 saturated carbocycles. The molecule has 0 aliphatic carbocycles. The Kier molecular flexibility index (Phi) is 4.14. The molecule has 0 spiro atoms. The van der Waals surface area contributed by atoms with Crippen molar-refractivity contribution in [2.75, 3.05) is 28.4 Å². The zero-order valence-corrected chi connectivity index (χ0v) is 11.5. The molecule has 0 unspecified atom stereocenters. The normalized spacial score (nSPS) is 10.0. The van der Waals surface area contributed by atoms with Crippen LogP contribution in [0, 0.1) is 6.07 Å². The lowest BCUT2D eigenvalue weighted by Gasteiger charge is -2.09. The minimum absolute atomic E-state index is 0.147. The third-order valence-electron chi connectivity index (χ3n) is 2.37. The second-order valence-electron chi connectivity index (χ2n) is 3.47. The monoisotopic (exact) mass is 277 g/mol. The van der Waals surface area contributed by atoms with Crippen molar-refractivity contribution in [1.82, 2.24) is 19.9 Å². The summed E-state index contributed by atoms with van der Waals surface area (Å²) in [7, 11) is 5.89. The molecule has 0 bridgehead atoms. The fourth-order valence-electron chi connectivity index (χ4n) is 1.45. The third kappa shape index (κ3) is 2.68. The summed E-state index contributed by atoms with van der Waals surface area (Å²) in [5, 5.41) is 0. The minimum atomic E-state index is 0.147. The molecule has 20 heavy (non-hydrogen) atoms. The molecule has 2 rings (SSSR count). The fourth-order valence-corrected chi connectivity index (χ4v) is 1.45. The van der Waals surface area contributed by atoms with E-state index in [2.05, 4.69) is 26.0 Å². The first-order valence-corrected chi connectivity index (χ1v) is 5.56. The highest BCUT2D eigenvalue weighted by Crippen LogP contribution is 2.29. The summed E-state index contributed by atoms with van der Waals surface area (Å²) in [6.45, 7) is 0. The molecule has 0 atom stereocenters. The van der Waals surface area contributed by atoms with Crippen molar-refractivity contribution in [3.63, 3.8) is 0 Å². The lowest BCUT2D eigenvalue weighted by atomic mass is 10.2. The maximum absolute atomic E-state index is 5.20. The molecule has 2 aromatic heterocycles. The van der Waals surface area contributed by atoms with Gasteiger partial charge in [-0.25, -0.2) is 4.98 Å². The van der Waals surface area contributed by atoms with Gasteiger partial charge in [-0.2, -0.15) is 15.0 Å². The van der Waals surface area contributed by atoms with E-state index in [0.717, 1.165) is 0 Å². The maximum atomic E-state index is 5.20. The predicted octanol–water partition coefficient (Wildman–Crippen LogP) is 0.768. The van der Waals surface area contributed by atoms with Crippen LogP contribution in [-0.4, -0.2) is 48.4 Å². The van der Waals surface area contributed by atoms with Crippen molar-refractivity contribution in [2.24, 2.45) is 0 Å². The lowest BCUT2D eigenvalue weighted by molar-refractivity contribution is 0.349. The molecule has 0 aliphatic heterocycles. The van der Waals surface area contributed by atoms with Crippen LogP contribution in [0.1, 0.15) is 0 Å². The Morgan fingerprint density at radius 1 is 0.850 bits per heavy atom. The number of hydrogen-bond acceptors (Lipinski definition) is 8. The Hall–Kier alpha value is -2.64. The molecule has 0 saturated heterocycles. The van der Waals surface area contributed by atoms with E-state index >= 15 is 0 Å². The predicted molar refractivity (Wildman–Crippen MR) is 68.1 cm³/mol. The molecule has 2 heterocycles. The largest absolute Gasteiger partial charge is 0.480 e. The van der Waals surface area contributed by atoms with E-state index in [0.29, 0.717) is 17.1 Å². The van der Waals surface area contributed by atoms with Crippen LogP contribution in [0.3, 0.4) is 0 Å². The Bertz CT molecular complexity index is 584. The van der Waals surface area contributed by atoms with Gasteiger partial charge in [-0.05, 0) is 0 Å². The lowest BCUT2D eigenvalue weighted by Crippen LogP contribution is -2.01. The van der Waals surface area contributed by atoms with Crippen LogP contribution in [0.4, 0.5) is 0 Å². The molecule has 105 valence electrons. The van der Waals surface area contributed by atoms with Crippen LogP contribution in [-0.2, 0) is 0 Å². The van der Waals surface area contributed by atoms with Crippen molar-refractivity contribution in [2.45, 2.75) is 0 Å². The van der Waals surface area contributed by atoms with Crippen molar-refractivity contribution in [1.29, 1.82) is 0 Å². The Labute approximate surface area is 115 Å². The Morgan fingerprint density at radius 2 is 1.60 bits per heavy atom. The van der Waals surface area contributed by atoms with Crippen molar-refractivity contribution < 1.29 is 18.9 Å². The number of aromatic nitrogens is 4. The smallest absolute Gasteiger partial charge is 0.320 e. The highest BCUT2D eigenvalue weighted by atomic mass is 16.5. The standard InChI is InChI=1S/C12H13N4O4/c1-17-9-5-8(14-12(15-9)20-4)7-6-13-11(19-3)16-10(7)18-2/h6H,1-4H3. The molecule has 2 aromatic rings. The average Bonchev–Trinajstić information content (AvgIpc) is 2.53. The van der Waals surface area contributed by atoms with E-state index in [4.69, 9.17) is 18.9 Å². The first-order valence-electron chi connectivity index (χ1n) is 5.56. The van der Waals surface area contributed by atoms with Crippen LogP contribution < -0.4 is 18.9 Å². The molecule has 0 aromatic carbocycles. The quantitative estimate of drug-likeness (QED) is 0.791. The molecule has 1 radical (unpaired) electrons. The molecule has 0 amide bonds. The summed E-state index contributed by atoms with van der Waals surface area (Å²) in [4.78, 5) is 16.2. The first kappa shape index (κ1) is 13.8. The number of nitrogens with zero attached hydrogens (tertiary/aromatic N) is 4. The summed E-state index contributed by atoms with van der Waals surface area (Å²) in [5.74, 6) is 0.542. The summed E-state index contributed by atoms with van der Waals surface area (Å²) in [6, 6.07) is 3.21. The van der Waals surface area contributed by atoms with Crippen molar-refractivity contribution in [3.05, 3.63) is 12.3 Å². The second-order valence-corrected chi connectivity index (χ2v) is 3.47. The van der Waals surface area contributed by atoms with Crippen LogP contribution >= 0.6 is 0 Å². The van der Waals surface area contributed by atoms with E-state index in [1.165, 1.54) is 34.6 Å². The molecule has 0 fully saturated rings. The topological polar surface area (TPSA) is 88.5 Å². The Morgan fingerprint density at radius 3 is 2.20 bits per heavy atom. The second kappa shape index (κ2) is 6.00. The highest BCUT2D eigenvalue weighted by molar-refractivity contribution is 5.64. The third-order valence-corrected chi connectivity index (χ3v) is 2.37.